The fourth-order valence-electron chi connectivity index (χ4n) is 3.33. The molecule has 1 aliphatic heterocycles. The van der Waals surface area contributed by atoms with E-state index >= 15 is 0 Å². The van der Waals surface area contributed by atoms with Gasteiger partial charge in [0.25, 0.3) is 5.91 Å². The molecule has 0 saturated carbocycles. The summed E-state index contributed by atoms with van der Waals surface area (Å²) in [4.78, 5) is 19.1. The van der Waals surface area contributed by atoms with Gasteiger partial charge in [0.1, 0.15) is 5.69 Å². The van der Waals surface area contributed by atoms with Crippen LogP contribution in [0.1, 0.15) is 27.2 Å². The molecule has 0 atom stereocenters. The minimum Gasteiger partial charge on any atom is -0.381 e. The summed E-state index contributed by atoms with van der Waals surface area (Å²) in [6.45, 7) is 1.94. The van der Waals surface area contributed by atoms with E-state index in [1.54, 1.807) is 12.3 Å². The standard InChI is InChI=1S/C22H20ClN3O/c23-20-8-4-3-6-17(20)14-25-19-9-11-24-21(13-19)22(27)26-12-10-16-5-1-2-7-18(16)15-26/h1-9,11,13H,10,12,14-15H2,(H,24,25). The van der Waals surface area contributed by atoms with Gasteiger partial charge < -0.3 is 10.2 Å². The molecule has 1 aliphatic rings. The van der Waals surface area contributed by atoms with Gasteiger partial charge in [-0.1, -0.05) is 54.1 Å². The quantitative estimate of drug-likeness (QED) is 0.725. The highest BCUT2D eigenvalue weighted by atomic mass is 35.5. The van der Waals surface area contributed by atoms with Crippen molar-refractivity contribution in [1.29, 1.82) is 0 Å². The van der Waals surface area contributed by atoms with E-state index in [9.17, 15) is 4.79 Å². The molecule has 4 rings (SSSR count). The van der Waals surface area contributed by atoms with Gasteiger partial charge in [0.2, 0.25) is 0 Å². The van der Waals surface area contributed by atoms with Gasteiger partial charge in [-0.05, 0) is 41.3 Å². The molecule has 1 N–H and O–H groups in total. The van der Waals surface area contributed by atoms with Crippen molar-refractivity contribution in [1.82, 2.24) is 9.88 Å². The fourth-order valence-corrected chi connectivity index (χ4v) is 3.53. The second kappa shape index (κ2) is 7.80. The summed E-state index contributed by atoms with van der Waals surface area (Å²) in [5, 5.41) is 4.04. The van der Waals surface area contributed by atoms with Gasteiger partial charge in [0, 0.05) is 36.5 Å². The summed E-state index contributed by atoms with van der Waals surface area (Å²) in [6.07, 6.45) is 2.55. The maximum absolute atomic E-state index is 12.9. The van der Waals surface area contributed by atoms with E-state index in [2.05, 4.69) is 22.4 Å². The molecular weight excluding hydrogens is 358 g/mol. The van der Waals surface area contributed by atoms with Crippen molar-refractivity contribution in [3.63, 3.8) is 0 Å². The van der Waals surface area contributed by atoms with Gasteiger partial charge in [0.05, 0.1) is 0 Å². The molecule has 1 aromatic heterocycles. The minimum atomic E-state index is -0.0362. The first-order valence-corrected chi connectivity index (χ1v) is 9.38. The predicted molar refractivity (Wildman–Crippen MR) is 108 cm³/mol. The first-order chi connectivity index (χ1) is 13.2. The summed E-state index contributed by atoms with van der Waals surface area (Å²) in [5.74, 6) is -0.0362. The molecule has 2 heterocycles. The fraction of sp³-hybridized carbons (Fsp3) is 0.182. The van der Waals surface area contributed by atoms with Crippen molar-refractivity contribution < 1.29 is 4.79 Å². The summed E-state index contributed by atoms with van der Waals surface area (Å²) in [6, 6.07) is 19.7. The topological polar surface area (TPSA) is 45.2 Å². The highest BCUT2D eigenvalue weighted by Crippen LogP contribution is 2.21. The van der Waals surface area contributed by atoms with Crippen molar-refractivity contribution in [3.05, 3.63) is 94.3 Å². The van der Waals surface area contributed by atoms with Crippen LogP contribution in [0, 0.1) is 0 Å². The number of fused-ring (bicyclic) bond motifs is 1. The third-order valence-electron chi connectivity index (χ3n) is 4.84. The highest BCUT2D eigenvalue weighted by molar-refractivity contribution is 6.31. The molecule has 5 heteroatoms. The van der Waals surface area contributed by atoms with E-state index in [1.165, 1.54) is 11.1 Å². The van der Waals surface area contributed by atoms with Gasteiger partial charge in [-0.15, -0.1) is 0 Å². The monoisotopic (exact) mass is 377 g/mol. The summed E-state index contributed by atoms with van der Waals surface area (Å²) in [5.41, 5.74) is 4.86. The number of rotatable bonds is 4. The van der Waals surface area contributed by atoms with Crippen molar-refractivity contribution in [2.24, 2.45) is 0 Å². The van der Waals surface area contributed by atoms with E-state index in [-0.39, 0.29) is 5.91 Å². The second-order valence-corrected chi connectivity index (χ2v) is 7.03. The zero-order valence-electron chi connectivity index (χ0n) is 14.9. The Labute approximate surface area is 163 Å². The molecule has 4 nitrogen and oxygen atoms in total. The Kier molecular flexibility index (Phi) is 5.07. The number of hydrogen-bond donors (Lipinski definition) is 1. The van der Waals surface area contributed by atoms with Crippen LogP contribution in [-0.4, -0.2) is 22.3 Å². The Balaban J connectivity index is 1.46. The molecule has 0 saturated heterocycles. The number of carbonyl (C=O) groups is 1. The van der Waals surface area contributed by atoms with Gasteiger partial charge in [0.15, 0.2) is 0 Å². The molecule has 0 spiro atoms. The van der Waals surface area contributed by atoms with Crippen LogP contribution in [0.5, 0.6) is 0 Å². The molecular formula is C22H20ClN3O. The average molecular weight is 378 g/mol. The molecule has 0 fully saturated rings. The lowest BCUT2D eigenvalue weighted by atomic mass is 10.00. The molecule has 136 valence electrons. The average Bonchev–Trinajstić information content (AvgIpc) is 2.72. The number of pyridine rings is 1. The van der Waals surface area contributed by atoms with E-state index in [1.807, 2.05) is 47.4 Å². The first-order valence-electron chi connectivity index (χ1n) is 9.00. The van der Waals surface area contributed by atoms with Crippen molar-refractivity contribution >= 4 is 23.2 Å². The summed E-state index contributed by atoms with van der Waals surface area (Å²) < 4.78 is 0. The molecule has 0 bridgehead atoms. The highest BCUT2D eigenvalue weighted by Gasteiger charge is 2.22. The zero-order chi connectivity index (χ0) is 18.6. The minimum absolute atomic E-state index is 0.0362. The van der Waals surface area contributed by atoms with Crippen LogP contribution in [0.4, 0.5) is 5.69 Å². The predicted octanol–water partition coefficient (Wildman–Crippen LogP) is 4.55. The molecule has 0 aliphatic carbocycles. The molecule has 0 radical (unpaired) electrons. The molecule has 27 heavy (non-hydrogen) atoms. The second-order valence-electron chi connectivity index (χ2n) is 6.62. The Morgan fingerprint density at radius 3 is 2.70 bits per heavy atom. The van der Waals surface area contributed by atoms with Crippen LogP contribution >= 0.6 is 11.6 Å². The lowest BCUT2D eigenvalue weighted by Gasteiger charge is -2.28. The lowest BCUT2D eigenvalue weighted by Crippen LogP contribution is -2.36. The molecule has 1 amide bonds. The maximum atomic E-state index is 12.9. The first kappa shape index (κ1) is 17.6. The Hall–Kier alpha value is -2.85. The number of nitrogens with zero attached hydrogens (tertiary/aromatic N) is 2. The number of nitrogens with one attached hydrogen (secondary N) is 1. The summed E-state index contributed by atoms with van der Waals surface area (Å²) in [7, 11) is 0. The van der Waals surface area contributed by atoms with E-state index < -0.39 is 0 Å². The largest absolute Gasteiger partial charge is 0.381 e. The SMILES string of the molecule is O=C(c1cc(NCc2ccccc2Cl)ccn1)N1CCc2ccccc2C1. The number of amides is 1. The summed E-state index contributed by atoms with van der Waals surface area (Å²) >= 11 is 6.20. The van der Waals surface area contributed by atoms with Gasteiger partial charge in [-0.25, -0.2) is 0 Å². The van der Waals surface area contributed by atoms with Crippen LogP contribution in [-0.2, 0) is 19.5 Å². The number of anilines is 1. The van der Waals surface area contributed by atoms with E-state index in [0.29, 0.717) is 18.8 Å². The number of aromatic nitrogens is 1. The normalized spacial score (nSPS) is 13.1. The Morgan fingerprint density at radius 1 is 1.07 bits per heavy atom. The van der Waals surface area contributed by atoms with Crippen molar-refractivity contribution in [2.45, 2.75) is 19.5 Å². The lowest BCUT2D eigenvalue weighted by molar-refractivity contribution is 0.0729. The molecule has 3 aromatic rings. The maximum Gasteiger partial charge on any atom is 0.272 e. The van der Waals surface area contributed by atoms with Crippen LogP contribution in [0.15, 0.2) is 66.9 Å². The molecule has 2 aromatic carbocycles. The van der Waals surface area contributed by atoms with E-state index in [0.717, 1.165) is 29.2 Å². The van der Waals surface area contributed by atoms with Crippen molar-refractivity contribution in [3.8, 4) is 0 Å². The Bertz CT molecular complexity index is 973. The number of halogens is 1. The zero-order valence-corrected chi connectivity index (χ0v) is 15.6. The third kappa shape index (κ3) is 3.96. The number of benzene rings is 2. The Morgan fingerprint density at radius 2 is 1.85 bits per heavy atom. The van der Waals surface area contributed by atoms with Crippen molar-refractivity contribution in [2.75, 3.05) is 11.9 Å². The number of hydrogen-bond acceptors (Lipinski definition) is 3. The van der Waals surface area contributed by atoms with Crippen LogP contribution < -0.4 is 5.32 Å². The van der Waals surface area contributed by atoms with E-state index in [4.69, 9.17) is 11.6 Å². The molecule has 0 unspecified atom stereocenters. The van der Waals surface area contributed by atoms with Crippen LogP contribution in [0.2, 0.25) is 5.02 Å². The third-order valence-corrected chi connectivity index (χ3v) is 5.21. The van der Waals surface area contributed by atoms with Gasteiger partial charge >= 0.3 is 0 Å². The number of carbonyl (C=O) groups excluding carboxylic acids is 1. The smallest absolute Gasteiger partial charge is 0.272 e. The van der Waals surface area contributed by atoms with Gasteiger partial charge in [-0.3, -0.25) is 9.78 Å². The van der Waals surface area contributed by atoms with Gasteiger partial charge in [-0.2, -0.15) is 0 Å². The van der Waals surface area contributed by atoms with Crippen LogP contribution in [0.25, 0.3) is 0 Å². The van der Waals surface area contributed by atoms with Crippen LogP contribution in [0.3, 0.4) is 0 Å².